The van der Waals surface area contributed by atoms with Gasteiger partial charge in [-0.25, -0.2) is 9.37 Å². The summed E-state index contributed by atoms with van der Waals surface area (Å²) in [6.45, 7) is 2.12. The largest absolute Gasteiger partial charge is 0.495 e. The summed E-state index contributed by atoms with van der Waals surface area (Å²) in [6, 6.07) is 11.7. The summed E-state index contributed by atoms with van der Waals surface area (Å²) in [5, 5.41) is 5.90. The molecule has 1 fully saturated rings. The molecule has 1 aromatic heterocycles. The van der Waals surface area contributed by atoms with Crippen LogP contribution >= 0.6 is 0 Å². The molecule has 2 heterocycles. The number of rotatable bonds is 7. The van der Waals surface area contributed by atoms with E-state index < -0.39 is 5.54 Å². The van der Waals surface area contributed by atoms with Crippen molar-refractivity contribution in [2.75, 3.05) is 13.7 Å². The number of methoxy groups -OCH3 is 1. The first-order valence-electron chi connectivity index (χ1n) is 11.1. The number of nitrogens with one attached hydrogen (secondary N) is 2. The van der Waals surface area contributed by atoms with Crippen molar-refractivity contribution in [2.24, 2.45) is 0 Å². The topological polar surface area (TPSA) is 85.2 Å². The lowest BCUT2D eigenvalue weighted by Gasteiger charge is -2.38. The highest BCUT2D eigenvalue weighted by atomic mass is 19.1. The molecule has 0 spiro atoms. The lowest BCUT2D eigenvalue weighted by molar-refractivity contribution is -0.126. The molecule has 34 heavy (non-hydrogen) atoms. The number of carbonyl (C=O) groups excluding carboxylic acids is 2. The average Bonchev–Trinajstić information content (AvgIpc) is 3.27. The van der Waals surface area contributed by atoms with Crippen molar-refractivity contribution < 1.29 is 18.7 Å². The van der Waals surface area contributed by atoms with Crippen LogP contribution < -0.4 is 15.4 Å². The first-order chi connectivity index (χ1) is 16.4. The molecule has 1 saturated heterocycles. The zero-order valence-electron chi connectivity index (χ0n) is 19.2. The second kappa shape index (κ2) is 9.91. The highest BCUT2D eigenvalue weighted by Crippen LogP contribution is 2.30. The SMILES string of the molecule is COc1cc(/C=C/C(=O)NCC2(c3ccc(F)cc3)CCCC(=O)N2)ccc1-n1cnc(C)c1. The van der Waals surface area contributed by atoms with Gasteiger partial charge in [0.1, 0.15) is 11.6 Å². The summed E-state index contributed by atoms with van der Waals surface area (Å²) in [7, 11) is 1.59. The molecule has 1 aliphatic rings. The van der Waals surface area contributed by atoms with Crippen molar-refractivity contribution in [3.05, 3.63) is 83.7 Å². The number of amides is 2. The van der Waals surface area contributed by atoms with E-state index in [-0.39, 0.29) is 24.2 Å². The van der Waals surface area contributed by atoms with E-state index in [9.17, 15) is 14.0 Å². The van der Waals surface area contributed by atoms with Crippen LogP contribution in [0.2, 0.25) is 0 Å². The van der Waals surface area contributed by atoms with E-state index in [1.54, 1.807) is 31.6 Å². The van der Waals surface area contributed by atoms with E-state index in [0.717, 1.165) is 22.5 Å². The third-order valence-corrected chi connectivity index (χ3v) is 5.97. The van der Waals surface area contributed by atoms with Gasteiger partial charge >= 0.3 is 0 Å². The van der Waals surface area contributed by atoms with Crippen molar-refractivity contribution in [1.29, 1.82) is 0 Å². The van der Waals surface area contributed by atoms with Crippen LogP contribution in [-0.4, -0.2) is 35.0 Å². The number of piperidine rings is 1. The van der Waals surface area contributed by atoms with E-state index in [1.165, 1.54) is 18.2 Å². The molecule has 0 radical (unpaired) electrons. The minimum absolute atomic E-state index is 0.0827. The Kier molecular flexibility index (Phi) is 6.77. The molecule has 1 aliphatic heterocycles. The minimum atomic E-state index is -0.764. The Morgan fingerprint density at radius 3 is 2.76 bits per heavy atom. The molecule has 2 aromatic carbocycles. The molecule has 3 aromatic rings. The summed E-state index contributed by atoms with van der Waals surface area (Å²) >= 11 is 0. The standard InChI is InChI=1S/C26H27FN4O3/c1-18-15-31(17-29-18)22-11-5-19(14-23(22)34-2)6-12-24(32)28-16-26(13-3-4-25(33)30-26)20-7-9-21(27)10-8-20/h5-12,14-15,17H,3-4,13,16H2,1-2H3,(H,28,32)(H,30,33)/b12-6+. The molecule has 0 saturated carbocycles. The Morgan fingerprint density at radius 2 is 2.09 bits per heavy atom. The van der Waals surface area contributed by atoms with E-state index >= 15 is 0 Å². The summed E-state index contributed by atoms with van der Waals surface area (Å²) in [5.74, 6) is -0.0759. The number of carbonyl (C=O) groups is 2. The fraction of sp³-hybridized carbons (Fsp3) is 0.269. The van der Waals surface area contributed by atoms with Crippen molar-refractivity contribution in [1.82, 2.24) is 20.2 Å². The number of benzene rings is 2. The zero-order chi connectivity index (χ0) is 24.1. The van der Waals surface area contributed by atoms with Crippen LogP contribution in [-0.2, 0) is 15.1 Å². The van der Waals surface area contributed by atoms with Gasteiger partial charge in [-0.2, -0.15) is 0 Å². The predicted molar refractivity (Wildman–Crippen MR) is 127 cm³/mol. The molecule has 0 bridgehead atoms. The Balaban J connectivity index is 1.46. The number of hydrogen-bond acceptors (Lipinski definition) is 4. The molecular weight excluding hydrogens is 435 g/mol. The average molecular weight is 463 g/mol. The second-order valence-corrected chi connectivity index (χ2v) is 8.40. The highest BCUT2D eigenvalue weighted by molar-refractivity contribution is 5.92. The normalized spacial score (nSPS) is 18.0. The van der Waals surface area contributed by atoms with Gasteiger partial charge in [0.05, 0.1) is 30.4 Å². The molecule has 7 nitrogen and oxygen atoms in total. The number of aromatic nitrogens is 2. The lowest BCUT2D eigenvalue weighted by atomic mass is 9.82. The maximum atomic E-state index is 13.4. The monoisotopic (exact) mass is 462 g/mol. The molecular formula is C26H27FN4O3. The Morgan fingerprint density at radius 1 is 1.29 bits per heavy atom. The number of imidazole rings is 1. The fourth-order valence-electron chi connectivity index (χ4n) is 4.20. The first kappa shape index (κ1) is 23.2. The summed E-state index contributed by atoms with van der Waals surface area (Å²) < 4.78 is 20.8. The quantitative estimate of drug-likeness (QED) is 0.525. The molecule has 176 valence electrons. The van der Waals surface area contributed by atoms with Crippen LogP contribution in [0.25, 0.3) is 11.8 Å². The van der Waals surface area contributed by atoms with Gasteiger partial charge in [0.25, 0.3) is 0 Å². The van der Waals surface area contributed by atoms with Crippen LogP contribution in [0.4, 0.5) is 4.39 Å². The molecule has 0 aliphatic carbocycles. The summed E-state index contributed by atoms with van der Waals surface area (Å²) in [5.41, 5.74) is 2.54. The van der Waals surface area contributed by atoms with Gasteiger partial charge < -0.3 is 19.9 Å². The third-order valence-electron chi connectivity index (χ3n) is 5.97. The van der Waals surface area contributed by atoms with E-state index in [1.807, 2.05) is 35.9 Å². The second-order valence-electron chi connectivity index (χ2n) is 8.40. The molecule has 8 heteroatoms. The zero-order valence-corrected chi connectivity index (χ0v) is 19.2. The maximum absolute atomic E-state index is 13.4. The summed E-state index contributed by atoms with van der Waals surface area (Å²) in [4.78, 5) is 29.0. The van der Waals surface area contributed by atoms with E-state index in [2.05, 4.69) is 15.6 Å². The van der Waals surface area contributed by atoms with Crippen LogP contribution in [0, 0.1) is 12.7 Å². The van der Waals surface area contributed by atoms with Gasteiger partial charge in [-0.3, -0.25) is 9.59 Å². The van der Waals surface area contributed by atoms with Crippen molar-refractivity contribution in [3.63, 3.8) is 0 Å². The minimum Gasteiger partial charge on any atom is -0.495 e. The van der Waals surface area contributed by atoms with Crippen LogP contribution in [0.1, 0.15) is 36.1 Å². The Labute approximate surface area is 197 Å². The van der Waals surface area contributed by atoms with Gasteiger partial charge in [-0.05, 0) is 61.2 Å². The number of ether oxygens (including phenoxy) is 1. The van der Waals surface area contributed by atoms with Crippen LogP contribution in [0.15, 0.2) is 61.1 Å². The smallest absolute Gasteiger partial charge is 0.244 e. The molecule has 2 N–H and O–H groups in total. The fourth-order valence-corrected chi connectivity index (χ4v) is 4.20. The van der Waals surface area contributed by atoms with Gasteiger partial charge in [-0.1, -0.05) is 18.2 Å². The van der Waals surface area contributed by atoms with Gasteiger partial charge in [0.2, 0.25) is 11.8 Å². The number of hydrogen-bond donors (Lipinski definition) is 2. The van der Waals surface area contributed by atoms with Crippen molar-refractivity contribution >= 4 is 17.9 Å². The van der Waals surface area contributed by atoms with Gasteiger partial charge in [-0.15, -0.1) is 0 Å². The Hall–Kier alpha value is -3.94. The van der Waals surface area contributed by atoms with E-state index in [4.69, 9.17) is 4.74 Å². The number of halogens is 1. The van der Waals surface area contributed by atoms with Crippen molar-refractivity contribution in [2.45, 2.75) is 31.7 Å². The van der Waals surface area contributed by atoms with Gasteiger partial charge in [0.15, 0.2) is 0 Å². The van der Waals surface area contributed by atoms with Crippen LogP contribution in [0.5, 0.6) is 5.75 Å². The summed E-state index contributed by atoms with van der Waals surface area (Å²) in [6.07, 6.45) is 8.55. The van der Waals surface area contributed by atoms with Gasteiger partial charge in [0, 0.05) is 25.2 Å². The van der Waals surface area contributed by atoms with E-state index in [0.29, 0.717) is 25.0 Å². The predicted octanol–water partition coefficient (Wildman–Crippen LogP) is 3.65. The first-order valence-corrected chi connectivity index (χ1v) is 11.1. The van der Waals surface area contributed by atoms with Crippen LogP contribution in [0.3, 0.4) is 0 Å². The molecule has 4 rings (SSSR count). The highest BCUT2D eigenvalue weighted by Gasteiger charge is 2.36. The maximum Gasteiger partial charge on any atom is 0.244 e. The third kappa shape index (κ3) is 5.17. The molecule has 1 unspecified atom stereocenters. The molecule has 2 amide bonds. The Bertz CT molecular complexity index is 1220. The van der Waals surface area contributed by atoms with Crippen molar-refractivity contribution in [3.8, 4) is 11.4 Å². The number of nitrogens with zero attached hydrogens (tertiary/aromatic N) is 2. The number of aryl methyl sites for hydroxylation is 1. The molecule has 1 atom stereocenters. The lowest BCUT2D eigenvalue weighted by Crippen LogP contribution is -2.55.